The number of ether oxygens (including phenoxy) is 3. The Hall–Kier alpha value is -4.83. The van der Waals surface area contributed by atoms with E-state index in [0.29, 0.717) is 40.3 Å². The van der Waals surface area contributed by atoms with Crippen molar-refractivity contribution in [3.63, 3.8) is 0 Å². The van der Waals surface area contributed by atoms with E-state index in [1.54, 1.807) is 76.1 Å². The molecule has 9 nitrogen and oxygen atoms in total. The molecule has 0 bridgehead atoms. The summed E-state index contributed by atoms with van der Waals surface area (Å²) >= 11 is 0. The number of aryl methyl sites for hydroxylation is 1. The van der Waals surface area contributed by atoms with E-state index in [-0.39, 0.29) is 4.90 Å². The summed E-state index contributed by atoms with van der Waals surface area (Å²) in [6, 6.07) is 23.3. The molecule has 1 aromatic heterocycles. The molecule has 204 valence electrons. The molecule has 1 heterocycles. The summed E-state index contributed by atoms with van der Waals surface area (Å²) in [7, 11) is 0.842. The first-order chi connectivity index (χ1) is 19.3. The fourth-order valence-electron chi connectivity index (χ4n) is 4.30. The van der Waals surface area contributed by atoms with Gasteiger partial charge in [0.2, 0.25) is 11.7 Å². The Balaban J connectivity index is 1.41. The summed E-state index contributed by atoms with van der Waals surface area (Å²) in [5, 5.41) is 5.03. The molecule has 0 aliphatic heterocycles. The lowest BCUT2D eigenvalue weighted by atomic mass is 10.1. The fourth-order valence-corrected chi connectivity index (χ4v) is 5.38. The molecule has 4 aromatic carbocycles. The van der Waals surface area contributed by atoms with E-state index in [1.807, 2.05) is 37.3 Å². The highest BCUT2D eigenvalue weighted by Crippen LogP contribution is 2.41. The van der Waals surface area contributed by atoms with E-state index in [2.05, 4.69) is 20.0 Å². The van der Waals surface area contributed by atoms with Crippen LogP contribution in [0.25, 0.3) is 22.0 Å². The molecule has 0 atom stereocenters. The molecule has 5 rings (SSSR count). The highest BCUT2D eigenvalue weighted by Gasteiger charge is 2.17. The summed E-state index contributed by atoms with van der Waals surface area (Å²) < 4.78 is 45.4. The maximum absolute atomic E-state index is 13.2. The maximum Gasteiger partial charge on any atom is 0.261 e. The van der Waals surface area contributed by atoms with Gasteiger partial charge in [-0.05, 0) is 65.7 Å². The molecule has 10 heteroatoms. The van der Waals surface area contributed by atoms with Crippen LogP contribution < -0.4 is 24.2 Å². The van der Waals surface area contributed by atoms with Crippen LogP contribution in [0.15, 0.2) is 90.0 Å². The fraction of sp³-hybridized carbons (Fsp3) is 0.133. The zero-order valence-electron chi connectivity index (χ0n) is 22.4. The number of fused-ring (bicyclic) bond motifs is 1. The molecule has 0 fully saturated rings. The standard InChI is InChI=1S/C30H28N4O5S/c1-19-9-11-23(34-40(35,36)24-12-10-20-7-5-6-8-21(20)15-24)18-26(19)33-30-31-14-13-25(32-30)22-16-27(37-2)29(39-4)28(17-22)38-3/h5-18,34H,1-4H3,(H,31,32,33). The van der Waals surface area contributed by atoms with Gasteiger partial charge in [0.05, 0.1) is 37.6 Å². The van der Waals surface area contributed by atoms with Crippen LogP contribution in [0.5, 0.6) is 17.2 Å². The van der Waals surface area contributed by atoms with Crippen LogP contribution in [0.2, 0.25) is 0 Å². The van der Waals surface area contributed by atoms with Crippen molar-refractivity contribution >= 4 is 38.1 Å². The van der Waals surface area contributed by atoms with E-state index >= 15 is 0 Å². The predicted octanol–water partition coefficient (Wildman–Crippen LogP) is 6.18. The highest BCUT2D eigenvalue weighted by atomic mass is 32.2. The molecule has 0 aliphatic rings. The number of nitrogens with zero attached hydrogens (tertiary/aromatic N) is 2. The minimum absolute atomic E-state index is 0.183. The second-order valence-corrected chi connectivity index (χ2v) is 10.6. The summed E-state index contributed by atoms with van der Waals surface area (Å²) in [6.07, 6.45) is 1.63. The number of hydrogen-bond acceptors (Lipinski definition) is 8. The normalized spacial score (nSPS) is 11.2. The van der Waals surface area contributed by atoms with E-state index in [0.717, 1.165) is 21.9 Å². The van der Waals surface area contributed by atoms with E-state index in [1.165, 1.54) is 0 Å². The third-order valence-corrected chi connectivity index (χ3v) is 7.76. The van der Waals surface area contributed by atoms with Crippen LogP contribution in [0.3, 0.4) is 0 Å². The number of anilines is 3. The average Bonchev–Trinajstić information content (AvgIpc) is 2.97. The Labute approximate surface area is 232 Å². The number of hydrogen-bond donors (Lipinski definition) is 2. The Morgan fingerprint density at radius 1 is 0.775 bits per heavy atom. The second kappa shape index (κ2) is 11.1. The predicted molar refractivity (Wildman–Crippen MR) is 156 cm³/mol. The number of nitrogens with one attached hydrogen (secondary N) is 2. The van der Waals surface area contributed by atoms with Gasteiger partial charge in [-0.15, -0.1) is 0 Å². The van der Waals surface area contributed by atoms with Crippen molar-refractivity contribution in [1.29, 1.82) is 0 Å². The van der Waals surface area contributed by atoms with E-state index < -0.39 is 10.0 Å². The van der Waals surface area contributed by atoms with Crippen LogP contribution in [0.4, 0.5) is 17.3 Å². The molecule has 0 spiro atoms. The topological polar surface area (TPSA) is 112 Å². The van der Waals surface area contributed by atoms with E-state index in [4.69, 9.17) is 14.2 Å². The average molecular weight is 557 g/mol. The molecule has 0 saturated heterocycles. The quantitative estimate of drug-likeness (QED) is 0.222. The van der Waals surface area contributed by atoms with Gasteiger partial charge in [0.25, 0.3) is 10.0 Å². The van der Waals surface area contributed by atoms with Gasteiger partial charge in [-0.1, -0.05) is 36.4 Å². The smallest absolute Gasteiger partial charge is 0.261 e. The molecule has 5 aromatic rings. The van der Waals surface area contributed by atoms with Gasteiger partial charge >= 0.3 is 0 Å². The van der Waals surface area contributed by atoms with Crippen molar-refractivity contribution in [2.24, 2.45) is 0 Å². The summed E-state index contributed by atoms with van der Waals surface area (Å²) in [4.78, 5) is 9.19. The number of aromatic nitrogens is 2. The molecule has 0 radical (unpaired) electrons. The van der Waals surface area contributed by atoms with Crippen molar-refractivity contribution in [3.05, 3.63) is 90.6 Å². The molecule has 0 aliphatic carbocycles. The van der Waals surface area contributed by atoms with Crippen LogP contribution in [0, 0.1) is 6.92 Å². The van der Waals surface area contributed by atoms with Gasteiger partial charge in [-0.2, -0.15) is 0 Å². The SMILES string of the molecule is COc1cc(-c2ccnc(Nc3cc(NS(=O)(=O)c4ccc5ccccc5c4)ccc3C)n2)cc(OC)c1OC. The van der Waals surface area contributed by atoms with E-state index in [9.17, 15) is 8.42 Å². The minimum Gasteiger partial charge on any atom is -0.493 e. The third-order valence-electron chi connectivity index (χ3n) is 6.38. The molecule has 0 amide bonds. The zero-order valence-corrected chi connectivity index (χ0v) is 23.2. The van der Waals surface area contributed by atoms with Gasteiger partial charge in [-0.25, -0.2) is 18.4 Å². The maximum atomic E-state index is 13.2. The number of rotatable bonds is 9. The third kappa shape index (κ3) is 5.48. The number of benzene rings is 4. The highest BCUT2D eigenvalue weighted by molar-refractivity contribution is 7.92. The lowest BCUT2D eigenvalue weighted by Gasteiger charge is -2.15. The van der Waals surface area contributed by atoms with Gasteiger partial charge < -0.3 is 19.5 Å². The Morgan fingerprint density at radius 3 is 2.20 bits per heavy atom. The minimum atomic E-state index is -3.81. The van der Waals surface area contributed by atoms with Crippen LogP contribution >= 0.6 is 0 Å². The molecule has 40 heavy (non-hydrogen) atoms. The zero-order chi connectivity index (χ0) is 28.3. The monoisotopic (exact) mass is 556 g/mol. The van der Waals surface area contributed by atoms with Crippen LogP contribution in [0.1, 0.15) is 5.56 Å². The summed E-state index contributed by atoms with van der Waals surface area (Å²) in [5.41, 5.74) is 3.31. The van der Waals surface area contributed by atoms with Crippen molar-refractivity contribution in [2.75, 3.05) is 31.4 Å². The van der Waals surface area contributed by atoms with Gasteiger partial charge in [-0.3, -0.25) is 4.72 Å². The first-order valence-electron chi connectivity index (χ1n) is 12.3. The van der Waals surface area contributed by atoms with Gasteiger partial charge in [0.15, 0.2) is 11.5 Å². The Morgan fingerprint density at radius 2 is 1.50 bits per heavy atom. The number of methoxy groups -OCH3 is 3. The molecular weight excluding hydrogens is 528 g/mol. The summed E-state index contributed by atoms with van der Waals surface area (Å²) in [6.45, 7) is 1.91. The second-order valence-electron chi connectivity index (χ2n) is 8.95. The lowest BCUT2D eigenvalue weighted by Crippen LogP contribution is -2.13. The van der Waals surface area contributed by atoms with Crippen LogP contribution in [-0.2, 0) is 10.0 Å². The van der Waals surface area contributed by atoms with Crippen molar-refractivity contribution in [2.45, 2.75) is 11.8 Å². The molecule has 0 unspecified atom stereocenters. The summed E-state index contributed by atoms with van der Waals surface area (Å²) in [5.74, 6) is 1.84. The van der Waals surface area contributed by atoms with Gasteiger partial charge in [0, 0.05) is 17.4 Å². The van der Waals surface area contributed by atoms with Crippen molar-refractivity contribution in [3.8, 4) is 28.5 Å². The lowest BCUT2D eigenvalue weighted by molar-refractivity contribution is 0.324. The molecule has 2 N–H and O–H groups in total. The number of sulfonamides is 1. The Bertz CT molecular complexity index is 1780. The molecule has 0 saturated carbocycles. The van der Waals surface area contributed by atoms with Crippen molar-refractivity contribution < 1.29 is 22.6 Å². The Kier molecular flexibility index (Phi) is 7.43. The van der Waals surface area contributed by atoms with Crippen molar-refractivity contribution in [1.82, 2.24) is 9.97 Å². The molecular formula is C30H28N4O5S. The first-order valence-corrected chi connectivity index (χ1v) is 13.8. The van der Waals surface area contributed by atoms with Crippen LogP contribution in [-0.4, -0.2) is 39.7 Å². The van der Waals surface area contributed by atoms with Gasteiger partial charge in [0.1, 0.15) is 0 Å². The largest absolute Gasteiger partial charge is 0.493 e. The first kappa shape index (κ1) is 26.8.